The second kappa shape index (κ2) is 15.8. The lowest BCUT2D eigenvalue weighted by Crippen LogP contribution is -2.40. The predicted octanol–water partition coefficient (Wildman–Crippen LogP) is 5.51. The van der Waals surface area contributed by atoms with Crippen LogP contribution in [0.3, 0.4) is 0 Å². The Morgan fingerprint density at radius 3 is 2.16 bits per heavy atom. The van der Waals surface area contributed by atoms with Crippen molar-refractivity contribution in [3.05, 3.63) is 59.7 Å². The summed E-state index contributed by atoms with van der Waals surface area (Å²) in [5, 5.41) is 5.92. The third-order valence-corrected chi connectivity index (χ3v) is 6.66. The number of ether oxygens (including phenoxy) is 2. The van der Waals surface area contributed by atoms with Crippen molar-refractivity contribution in [2.24, 2.45) is 0 Å². The minimum absolute atomic E-state index is 0.0363. The zero-order chi connectivity index (χ0) is 27.2. The minimum atomic E-state index is -0.275. The van der Waals surface area contributed by atoms with Crippen LogP contribution in [-0.2, 0) is 14.3 Å². The SMILES string of the molecule is CCCCCCCC(CC)OC(=O)CNc1ccc(C(=O)Nc2ccc(C(=O)N3CCOCC3)cc2)cc1. The van der Waals surface area contributed by atoms with Crippen LogP contribution in [0.4, 0.5) is 11.4 Å². The standard InChI is InChI=1S/C30H41N3O5/c1-3-5-6-7-8-9-27(4-2)38-28(34)22-31-25-14-10-23(11-15-25)29(35)32-26-16-12-24(13-17-26)30(36)33-18-20-37-21-19-33/h10-17,27,31H,3-9,18-22H2,1-2H3,(H,32,35). The Hall–Kier alpha value is -3.39. The quantitative estimate of drug-likeness (QED) is 0.251. The molecule has 1 atom stereocenters. The normalized spacial score (nSPS) is 14.0. The Bertz CT molecular complexity index is 1020. The molecule has 1 saturated heterocycles. The lowest BCUT2D eigenvalue weighted by molar-refractivity contribution is -0.147. The van der Waals surface area contributed by atoms with Crippen molar-refractivity contribution in [1.29, 1.82) is 0 Å². The molecular weight excluding hydrogens is 482 g/mol. The van der Waals surface area contributed by atoms with E-state index in [-0.39, 0.29) is 30.4 Å². The molecule has 0 saturated carbocycles. The van der Waals surface area contributed by atoms with Crippen LogP contribution in [-0.4, -0.2) is 61.6 Å². The Morgan fingerprint density at radius 2 is 1.50 bits per heavy atom. The molecule has 8 nitrogen and oxygen atoms in total. The van der Waals surface area contributed by atoms with Crippen LogP contribution in [0.25, 0.3) is 0 Å². The molecule has 0 aliphatic carbocycles. The summed E-state index contributed by atoms with van der Waals surface area (Å²) in [6.07, 6.45) is 7.66. The average molecular weight is 524 g/mol. The second-order valence-corrected chi connectivity index (χ2v) is 9.59. The molecule has 2 amide bonds. The van der Waals surface area contributed by atoms with E-state index in [2.05, 4.69) is 17.6 Å². The summed E-state index contributed by atoms with van der Waals surface area (Å²) in [5.41, 5.74) is 2.41. The van der Waals surface area contributed by atoms with Crippen molar-refractivity contribution in [2.75, 3.05) is 43.5 Å². The lowest BCUT2D eigenvalue weighted by atomic mass is 10.1. The van der Waals surface area contributed by atoms with E-state index < -0.39 is 0 Å². The van der Waals surface area contributed by atoms with Crippen LogP contribution in [0.5, 0.6) is 0 Å². The first kappa shape index (κ1) is 29.2. The van der Waals surface area contributed by atoms with Gasteiger partial charge in [-0.2, -0.15) is 0 Å². The Morgan fingerprint density at radius 1 is 0.868 bits per heavy atom. The third-order valence-electron chi connectivity index (χ3n) is 6.66. The molecule has 1 unspecified atom stereocenters. The average Bonchev–Trinajstić information content (AvgIpc) is 2.96. The number of benzene rings is 2. The molecule has 1 aliphatic rings. The molecule has 1 aliphatic heterocycles. The van der Waals surface area contributed by atoms with E-state index in [1.54, 1.807) is 53.4 Å². The molecule has 0 aromatic heterocycles. The smallest absolute Gasteiger partial charge is 0.325 e. The molecule has 1 heterocycles. The number of esters is 1. The maximum absolute atomic E-state index is 12.7. The van der Waals surface area contributed by atoms with Crippen LogP contribution < -0.4 is 10.6 Å². The fourth-order valence-electron chi connectivity index (χ4n) is 4.31. The molecule has 3 rings (SSSR count). The highest BCUT2D eigenvalue weighted by Gasteiger charge is 2.18. The molecule has 2 aromatic rings. The van der Waals surface area contributed by atoms with Crippen molar-refractivity contribution >= 4 is 29.2 Å². The van der Waals surface area contributed by atoms with Crippen LogP contribution in [0, 0.1) is 0 Å². The number of unbranched alkanes of at least 4 members (excludes halogenated alkanes) is 4. The fourth-order valence-corrected chi connectivity index (χ4v) is 4.31. The molecule has 2 aromatic carbocycles. The van der Waals surface area contributed by atoms with E-state index in [9.17, 15) is 14.4 Å². The maximum atomic E-state index is 12.7. The van der Waals surface area contributed by atoms with Crippen LogP contribution in [0.15, 0.2) is 48.5 Å². The van der Waals surface area contributed by atoms with Gasteiger partial charge in [0.25, 0.3) is 11.8 Å². The number of rotatable bonds is 14. The van der Waals surface area contributed by atoms with Crippen molar-refractivity contribution in [3.63, 3.8) is 0 Å². The summed E-state index contributed by atoms with van der Waals surface area (Å²) >= 11 is 0. The zero-order valence-corrected chi connectivity index (χ0v) is 22.7. The third kappa shape index (κ3) is 9.49. The van der Waals surface area contributed by atoms with E-state index in [0.29, 0.717) is 43.1 Å². The number of anilines is 2. The predicted molar refractivity (Wildman–Crippen MR) is 150 cm³/mol. The van der Waals surface area contributed by atoms with Crippen molar-refractivity contribution in [2.45, 2.75) is 64.9 Å². The van der Waals surface area contributed by atoms with Crippen LogP contribution in [0.1, 0.15) is 79.5 Å². The van der Waals surface area contributed by atoms with E-state index in [1.165, 1.54) is 25.7 Å². The molecular formula is C30H41N3O5. The van der Waals surface area contributed by atoms with Crippen LogP contribution >= 0.6 is 0 Å². The van der Waals surface area contributed by atoms with Gasteiger partial charge in [0.1, 0.15) is 12.6 Å². The van der Waals surface area contributed by atoms with Crippen LogP contribution in [0.2, 0.25) is 0 Å². The summed E-state index contributed by atoms with van der Waals surface area (Å²) in [7, 11) is 0. The Kier molecular flexibility index (Phi) is 12.1. The number of hydrogen-bond acceptors (Lipinski definition) is 6. The first-order valence-corrected chi connectivity index (χ1v) is 13.8. The number of carbonyl (C=O) groups excluding carboxylic acids is 3. The largest absolute Gasteiger partial charge is 0.461 e. The first-order valence-electron chi connectivity index (χ1n) is 13.8. The topological polar surface area (TPSA) is 97.0 Å². The van der Waals surface area contributed by atoms with Gasteiger partial charge in [0.15, 0.2) is 0 Å². The molecule has 206 valence electrons. The molecule has 8 heteroatoms. The molecule has 0 radical (unpaired) electrons. The molecule has 2 N–H and O–H groups in total. The highest BCUT2D eigenvalue weighted by molar-refractivity contribution is 6.04. The number of morpholine rings is 1. The lowest BCUT2D eigenvalue weighted by Gasteiger charge is -2.26. The molecule has 1 fully saturated rings. The zero-order valence-electron chi connectivity index (χ0n) is 22.7. The van der Waals surface area contributed by atoms with E-state index in [0.717, 1.165) is 24.9 Å². The first-order chi connectivity index (χ1) is 18.5. The molecule has 38 heavy (non-hydrogen) atoms. The number of amides is 2. The second-order valence-electron chi connectivity index (χ2n) is 9.59. The monoisotopic (exact) mass is 523 g/mol. The van der Waals surface area contributed by atoms with Gasteiger partial charge in [-0.15, -0.1) is 0 Å². The number of hydrogen-bond donors (Lipinski definition) is 2. The molecule has 0 spiro atoms. The van der Waals surface area contributed by atoms with Gasteiger partial charge in [-0.3, -0.25) is 14.4 Å². The number of nitrogens with one attached hydrogen (secondary N) is 2. The van der Waals surface area contributed by atoms with Gasteiger partial charge in [-0.1, -0.05) is 39.5 Å². The van der Waals surface area contributed by atoms with Gasteiger partial charge in [0.05, 0.1) is 13.2 Å². The van der Waals surface area contributed by atoms with Crippen molar-refractivity contribution in [3.8, 4) is 0 Å². The van der Waals surface area contributed by atoms with Gasteiger partial charge in [0, 0.05) is 35.6 Å². The van der Waals surface area contributed by atoms with Gasteiger partial charge in [-0.05, 0) is 67.8 Å². The highest BCUT2D eigenvalue weighted by Crippen LogP contribution is 2.16. The van der Waals surface area contributed by atoms with E-state index in [1.807, 2.05) is 6.92 Å². The summed E-state index contributed by atoms with van der Waals surface area (Å²) in [5.74, 6) is -0.568. The van der Waals surface area contributed by atoms with E-state index >= 15 is 0 Å². The molecule has 0 bridgehead atoms. The van der Waals surface area contributed by atoms with Gasteiger partial charge < -0.3 is 25.0 Å². The fraction of sp³-hybridized carbons (Fsp3) is 0.500. The van der Waals surface area contributed by atoms with Gasteiger partial charge in [0.2, 0.25) is 0 Å². The summed E-state index contributed by atoms with van der Waals surface area (Å²) < 4.78 is 10.9. The summed E-state index contributed by atoms with van der Waals surface area (Å²) in [6.45, 7) is 6.59. The van der Waals surface area contributed by atoms with Crippen molar-refractivity contribution in [1.82, 2.24) is 4.90 Å². The number of nitrogens with zero attached hydrogens (tertiary/aromatic N) is 1. The Balaban J connectivity index is 1.41. The number of carbonyl (C=O) groups is 3. The highest BCUT2D eigenvalue weighted by atomic mass is 16.5. The minimum Gasteiger partial charge on any atom is -0.461 e. The maximum Gasteiger partial charge on any atom is 0.325 e. The summed E-state index contributed by atoms with van der Waals surface area (Å²) in [6, 6.07) is 13.8. The van der Waals surface area contributed by atoms with Crippen molar-refractivity contribution < 1.29 is 23.9 Å². The Labute approximate surface area is 226 Å². The van der Waals surface area contributed by atoms with Gasteiger partial charge >= 0.3 is 5.97 Å². The summed E-state index contributed by atoms with van der Waals surface area (Å²) in [4.78, 5) is 39.3. The van der Waals surface area contributed by atoms with Gasteiger partial charge in [-0.25, -0.2) is 0 Å². The van der Waals surface area contributed by atoms with E-state index in [4.69, 9.17) is 9.47 Å².